The molecule has 2 rings (SSSR count). The van der Waals surface area contributed by atoms with Crippen molar-refractivity contribution in [2.75, 3.05) is 12.9 Å². The van der Waals surface area contributed by atoms with Crippen molar-refractivity contribution in [3.05, 3.63) is 71.3 Å². The SMILES string of the molecule is COC(=O)[C@H](Cc1ccccc1C=O)NC(=O)[C@H](CCSC(C)=O)NC(=O)OCc1ccccc1. The predicted octanol–water partition coefficient (Wildman–Crippen LogP) is 2.66. The molecule has 0 aliphatic heterocycles. The average molecular weight is 501 g/mol. The number of alkyl carbamates (subject to hydrolysis) is 1. The standard InChI is InChI=1S/C25H28N2O7S/c1-17(29)35-13-12-21(27-25(32)34-16-18-8-4-3-5-9-18)23(30)26-22(24(31)33-2)14-19-10-6-7-11-20(19)15-28/h3-11,15,21-22H,12-14,16H2,1-2H3,(H,26,30)(H,27,32)/t21-,22-/m0/s1. The first kappa shape index (κ1) is 27.6. The summed E-state index contributed by atoms with van der Waals surface area (Å²) in [6, 6.07) is 13.5. The van der Waals surface area contributed by atoms with Crippen molar-refractivity contribution in [2.45, 2.75) is 38.5 Å². The summed E-state index contributed by atoms with van der Waals surface area (Å²) in [4.78, 5) is 60.4. The third kappa shape index (κ3) is 9.62. The number of thioether (sulfide) groups is 1. The number of methoxy groups -OCH3 is 1. The molecule has 2 aromatic carbocycles. The zero-order valence-electron chi connectivity index (χ0n) is 19.5. The van der Waals surface area contributed by atoms with E-state index in [1.807, 2.05) is 18.2 Å². The third-order valence-corrected chi connectivity index (χ3v) is 5.79. The number of aldehydes is 1. The highest BCUT2D eigenvalue weighted by molar-refractivity contribution is 8.13. The molecular formula is C25H28N2O7S. The van der Waals surface area contributed by atoms with Gasteiger partial charge in [0.15, 0.2) is 5.12 Å². The third-order valence-electron chi connectivity index (χ3n) is 4.94. The molecule has 2 N–H and O–H groups in total. The van der Waals surface area contributed by atoms with Crippen LogP contribution in [0.15, 0.2) is 54.6 Å². The van der Waals surface area contributed by atoms with E-state index < -0.39 is 30.1 Å². The van der Waals surface area contributed by atoms with Crippen molar-refractivity contribution in [1.82, 2.24) is 10.6 Å². The smallest absolute Gasteiger partial charge is 0.408 e. The Labute approximate surface area is 207 Å². The molecule has 0 heterocycles. The number of nitrogens with one attached hydrogen (secondary N) is 2. The van der Waals surface area contributed by atoms with E-state index in [0.717, 1.165) is 17.3 Å². The molecule has 0 saturated heterocycles. The lowest BCUT2D eigenvalue weighted by Gasteiger charge is -2.22. The Morgan fingerprint density at radius 1 is 0.971 bits per heavy atom. The fourth-order valence-electron chi connectivity index (χ4n) is 3.16. The summed E-state index contributed by atoms with van der Waals surface area (Å²) >= 11 is 1.01. The van der Waals surface area contributed by atoms with Gasteiger partial charge >= 0.3 is 12.1 Å². The van der Waals surface area contributed by atoms with Gasteiger partial charge in [0.1, 0.15) is 25.0 Å². The molecule has 0 spiro atoms. The van der Waals surface area contributed by atoms with Crippen LogP contribution in [0.4, 0.5) is 4.79 Å². The molecule has 0 aromatic heterocycles. The summed E-state index contributed by atoms with van der Waals surface area (Å²) in [5.74, 6) is -1.09. The monoisotopic (exact) mass is 500 g/mol. The molecule has 0 saturated carbocycles. The summed E-state index contributed by atoms with van der Waals surface area (Å²) in [7, 11) is 1.19. The van der Waals surface area contributed by atoms with Crippen molar-refractivity contribution in [2.24, 2.45) is 0 Å². The molecule has 35 heavy (non-hydrogen) atoms. The van der Waals surface area contributed by atoms with E-state index in [1.54, 1.807) is 36.4 Å². The van der Waals surface area contributed by atoms with Gasteiger partial charge in [0.05, 0.1) is 7.11 Å². The number of carbonyl (C=O) groups is 5. The fraction of sp³-hybridized carbons (Fsp3) is 0.320. The maximum Gasteiger partial charge on any atom is 0.408 e. The van der Waals surface area contributed by atoms with Crippen LogP contribution in [0.1, 0.15) is 34.8 Å². The molecule has 10 heteroatoms. The Balaban J connectivity index is 2.10. The summed E-state index contributed by atoms with van der Waals surface area (Å²) in [5.41, 5.74) is 1.71. The zero-order valence-corrected chi connectivity index (χ0v) is 20.3. The first-order chi connectivity index (χ1) is 16.8. The van der Waals surface area contributed by atoms with Gasteiger partial charge in [-0.15, -0.1) is 0 Å². The first-order valence-electron chi connectivity index (χ1n) is 10.9. The van der Waals surface area contributed by atoms with Crippen molar-refractivity contribution in [1.29, 1.82) is 0 Å². The molecule has 0 aliphatic rings. The lowest BCUT2D eigenvalue weighted by Crippen LogP contribution is -2.52. The average Bonchev–Trinajstić information content (AvgIpc) is 2.86. The maximum atomic E-state index is 13.1. The predicted molar refractivity (Wildman–Crippen MR) is 131 cm³/mol. The molecular weight excluding hydrogens is 472 g/mol. The minimum Gasteiger partial charge on any atom is -0.467 e. The van der Waals surface area contributed by atoms with E-state index in [4.69, 9.17) is 9.47 Å². The molecule has 2 atom stereocenters. The number of ether oxygens (including phenoxy) is 2. The largest absolute Gasteiger partial charge is 0.467 e. The maximum absolute atomic E-state index is 13.1. The van der Waals surface area contributed by atoms with Crippen LogP contribution in [-0.2, 0) is 36.9 Å². The molecule has 0 bridgehead atoms. The molecule has 2 aromatic rings. The summed E-state index contributed by atoms with van der Waals surface area (Å²) in [6.45, 7) is 1.41. The van der Waals surface area contributed by atoms with Crippen LogP contribution in [0.2, 0.25) is 0 Å². The van der Waals surface area contributed by atoms with Crippen LogP contribution in [0.5, 0.6) is 0 Å². The topological polar surface area (TPSA) is 128 Å². The van der Waals surface area contributed by atoms with Crippen LogP contribution in [0.25, 0.3) is 0 Å². The second-order valence-corrected chi connectivity index (χ2v) is 8.76. The van der Waals surface area contributed by atoms with Crippen LogP contribution in [0, 0.1) is 0 Å². The minimum atomic E-state index is -1.10. The normalized spacial score (nSPS) is 12.1. The van der Waals surface area contributed by atoms with Crippen LogP contribution in [0.3, 0.4) is 0 Å². The van der Waals surface area contributed by atoms with E-state index in [-0.39, 0.29) is 30.3 Å². The van der Waals surface area contributed by atoms with E-state index >= 15 is 0 Å². The van der Waals surface area contributed by atoms with Crippen molar-refractivity contribution in [3.63, 3.8) is 0 Å². The molecule has 2 amide bonds. The van der Waals surface area contributed by atoms with Gasteiger partial charge in [0.2, 0.25) is 5.91 Å². The Morgan fingerprint density at radius 3 is 2.31 bits per heavy atom. The molecule has 9 nitrogen and oxygen atoms in total. The van der Waals surface area contributed by atoms with Crippen molar-refractivity contribution in [3.8, 4) is 0 Å². The first-order valence-corrected chi connectivity index (χ1v) is 11.8. The fourth-order valence-corrected chi connectivity index (χ4v) is 3.80. The van der Waals surface area contributed by atoms with Gasteiger partial charge in [0.25, 0.3) is 0 Å². The highest BCUT2D eigenvalue weighted by atomic mass is 32.2. The molecule has 186 valence electrons. The van der Waals surface area contributed by atoms with Crippen molar-refractivity contribution >= 4 is 41.1 Å². The summed E-state index contributed by atoms with van der Waals surface area (Å²) < 4.78 is 10.0. The molecule has 0 radical (unpaired) electrons. The number of carbonyl (C=O) groups excluding carboxylic acids is 5. The Bertz CT molecular complexity index is 1030. The number of benzene rings is 2. The van der Waals surface area contributed by atoms with E-state index in [2.05, 4.69) is 10.6 Å². The van der Waals surface area contributed by atoms with Crippen molar-refractivity contribution < 1.29 is 33.4 Å². The number of hydrogen-bond donors (Lipinski definition) is 2. The van der Waals surface area contributed by atoms with Crippen LogP contribution >= 0.6 is 11.8 Å². The van der Waals surface area contributed by atoms with E-state index in [1.165, 1.54) is 14.0 Å². The van der Waals surface area contributed by atoms with Gasteiger partial charge in [0, 0.05) is 24.7 Å². The van der Waals surface area contributed by atoms with Crippen LogP contribution < -0.4 is 10.6 Å². The molecule has 0 fully saturated rings. The zero-order chi connectivity index (χ0) is 25.6. The number of esters is 1. The summed E-state index contributed by atoms with van der Waals surface area (Å²) in [6.07, 6.45) is -0.0177. The quantitative estimate of drug-likeness (QED) is 0.336. The number of amides is 2. The second-order valence-electron chi connectivity index (χ2n) is 7.49. The summed E-state index contributed by atoms with van der Waals surface area (Å²) in [5, 5.41) is 4.96. The highest BCUT2D eigenvalue weighted by Crippen LogP contribution is 2.12. The Hall–Kier alpha value is -3.66. The lowest BCUT2D eigenvalue weighted by atomic mass is 10.0. The van der Waals surface area contributed by atoms with Gasteiger partial charge < -0.3 is 20.1 Å². The minimum absolute atomic E-state index is 0.0104. The van der Waals surface area contributed by atoms with Gasteiger partial charge in [-0.3, -0.25) is 14.4 Å². The van der Waals surface area contributed by atoms with Gasteiger partial charge in [-0.2, -0.15) is 0 Å². The molecule has 0 unspecified atom stereocenters. The van der Waals surface area contributed by atoms with E-state index in [9.17, 15) is 24.0 Å². The lowest BCUT2D eigenvalue weighted by molar-refractivity contribution is -0.145. The van der Waals surface area contributed by atoms with Gasteiger partial charge in [-0.25, -0.2) is 9.59 Å². The Morgan fingerprint density at radius 2 is 1.66 bits per heavy atom. The highest BCUT2D eigenvalue weighted by Gasteiger charge is 2.28. The van der Waals surface area contributed by atoms with Crippen LogP contribution in [-0.4, -0.2) is 54.3 Å². The van der Waals surface area contributed by atoms with Gasteiger partial charge in [-0.1, -0.05) is 66.4 Å². The number of hydrogen-bond acceptors (Lipinski definition) is 8. The number of rotatable bonds is 12. The van der Waals surface area contributed by atoms with Gasteiger partial charge in [-0.05, 0) is 17.5 Å². The van der Waals surface area contributed by atoms with E-state index in [0.29, 0.717) is 17.4 Å². The Kier molecular flexibility index (Phi) is 11.5. The molecule has 0 aliphatic carbocycles. The second kappa shape index (κ2) is 14.6.